The molecular formula is C22H20ClF4N5O2S. The van der Waals surface area contributed by atoms with Crippen molar-refractivity contribution in [2.45, 2.75) is 60.8 Å². The number of alkyl halides is 3. The molecule has 2 aromatic heterocycles. The second-order valence-corrected chi connectivity index (χ2v) is 9.23. The molecule has 0 saturated heterocycles. The summed E-state index contributed by atoms with van der Waals surface area (Å²) in [4.78, 5) is 22.2. The van der Waals surface area contributed by atoms with Gasteiger partial charge in [-0.05, 0) is 55.6 Å². The first-order valence-corrected chi connectivity index (χ1v) is 11.6. The van der Waals surface area contributed by atoms with Crippen molar-refractivity contribution in [3.05, 3.63) is 46.0 Å². The van der Waals surface area contributed by atoms with Crippen LogP contribution in [0, 0.1) is 17.1 Å². The molecule has 186 valence electrons. The van der Waals surface area contributed by atoms with Crippen LogP contribution < -0.4 is 5.73 Å². The van der Waals surface area contributed by atoms with Crippen LogP contribution in [0.1, 0.15) is 49.1 Å². The number of carboxylic acids is 1. The van der Waals surface area contributed by atoms with Crippen LogP contribution in [0.2, 0.25) is 5.02 Å². The first kappa shape index (κ1) is 26.7. The van der Waals surface area contributed by atoms with E-state index in [1.54, 1.807) is 6.07 Å². The van der Waals surface area contributed by atoms with Crippen molar-refractivity contribution in [3.8, 4) is 6.07 Å². The Labute approximate surface area is 206 Å². The van der Waals surface area contributed by atoms with Crippen LogP contribution in [0.15, 0.2) is 28.3 Å². The third-order valence-electron chi connectivity index (χ3n) is 5.40. The molecule has 2 heterocycles. The molecule has 4 rings (SSSR count). The van der Waals surface area contributed by atoms with E-state index in [0.717, 1.165) is 42.5 Å². The lowest BCUT2D eigenvalue weighted by Crippen LogP contribution is -2.21. The minimum Gasteiger partial charge on any atom is -0.475 e. The van der Waals surface area contributed by atoms with Crippen LogP contribution in [0.4, 0.5) is 17.6 Å². The van der Waals surface area contributed by atoms with Crippen LogP contribution in [0.5, 0.6) is 0 Å². The minimum atomic E-state index is -5.08. The summed E-state index contributed by atoms with van der Waals surface area (Å²) in [5.41, 5.74) is 8.68. The van der Waals surface area contributed by atoms with Crippen molar-refractivity contribution < 1.29 is 27.5 Å². The van der Waals surface area contributed by atoms with Crippen LogP contribution in [0.3, 0.4) is 0 Å². The molecule has 1 saturated carbocycles. The van der Waals surface area contributed by atoms with Crippen molar-refractivity contribution in [1.82, 2.24) is 15.0 Å². The topological polar surface area (TPSA) is 129 Å². The molecule has 0 amide bonds. The number of aliphatic carboxylic acids is 1. The molecule has 0 radical (unpaired) electrons. The summed E-state index contributed by atoms with van der Waals surface area (Å²) in [6, 6.07) is 6.50. The third-order valence-corrected chi connectivity index (χ3v) is 6.67. The number of aromatic amines is 1. The number of nitrogens with two attached hydrogens (primary N) is 1. The maximum atomic E-state index is 14.0. The Morgan fingerprint density at radius 2 is 2.06 bits per heavy atom. The zero-order valence-electron chi connectivity index (χ0n) is 18.3. The monoisotopic (exact) mass is 529 g/mol. The van der Waals surface area contributed by atoms with E-state index in [1.165, 1.54) is 23.9 Å². The number of nitriles is 1. The fourth-order valence-electron chi connectivity index (χ4n) is 3.72. The Hall–Kier alpha value is -2.88. The lowest BCUT2D eigenvalue weighted by Gasteiger charge is -2.12. The fourth-order valence-corrected chi connectivity index (χ4v) is 4.87. The number of benzene rings is 1. The van der Waals surface area contributed by atoms with Gasteiger partial charge in [-0.3, -0.25) is 0 Å². The standard InChI is InChI=1S/C20H19ClFN5S.C2HF3O2/c1-2-15-17(21)16-18(10-3-5-12(24)7-10)26-20(27-19(16)25-15)28-13-6-4-11(9-23)14(22)8-13;3-2(4,5)1(6)7/h4,6,8,10,12H,2-3,5,7,24H2,1H3,(H,25,26,27);(H,6,7)/t10?,12-;/m1./s1. The number of carbonyl (C=O) groups is 1. The zero-order valence-corrected chi connectivity index (χ0v) is 19.9. The molecule has 0 aliphatic heterocycles. The third kappa shape index (κ3) is 6.22. The van der Waals surface area contributed by atoms with E-state index >= 15 is 0 Å². The molecule has 1 aromatic carbocycles. The van der Waals surface area contributed by atoms with Crippen LogP contribution in [-0.4, -0.2) is 38.2 Å². The summed E-state index contributed by atoms with van der Waals surface area (Å²) in [6.07, 6.45) is -1.53. The number of carboxylic acid groups (broad SMARTS) is 1. The van der Waals surface area contributed by atoms with Gasteiger partial charge in [-0.15, -0.1) is 0 Å². The van der Waals surface area contributed by atoms with Crippen LogP contribution in [-0.2, 0) is 11.2 Å². The summed E-state index contributed by atoms with van der Waals surface area (Å²) in [7, 11) is 0. The molecule has 0 bridgehead atoms. The lowest BCUT2D eigenvalue weighted by atomic mass is 10.0. The maximum Gasteiger partial charge on any atom is 0.490 e. The van der Waals surface area contributed by atoms with Crippen LogP contribution in [0.25, 0.3) is 11.0 Å². The molecule has 13 heteroatoms. The first-order valence-electron chi connectivity index (χ1n) is 10.5. The Balaban J connectivity index is 0.000000429. The number of aryl methyl sites for hydroxylation is 1. The van der Waals surface area contributed by atoms with E-state index < -0.39 is 18.0 Å². The molecule has 0 spiro atoms. The van der Waals surface area contributed by atoms with Gasteiger partial charge in [-0.1, -0.05) is 18.5 Å². The van der Waals surface area contributed by atoms with Crippen molar-refractivity contribution >= 4 is 40.4 Å². The highest BCUT2D eigenvalue weighted by Crippen LogP contribution is 2.41. The number of nitrogens with one attached hydrogen (secondary N) is 1. The number of fused-ring (bicyclic) bond motifs is 1. The quantitative estimate of drug-likeness (QED) is 0.298. The molecule has 1 unspecified atom stereocenters. The Morgan fingerprint density at radius 3 is 2.57 bits per heavy atom. The molecule has 1 fully saturated rings. The SMILES string of the molecule is CCc1[nH]c2nc(Sc3ccc(C#N)c(F)c3)nc(C3CC[C@@H](N)C3)c2c1Cl.O=C(O)C(F)(F)F. The summed E-state index contributed by atoms with van der Waals surface area (Å²) >= 11 is 7.88. The first-order chi connectivity index (χ1) is 16.4. The molecule has 7 nitrogen and oxygen atoms in total. The summed E-state index contributed by atoms with van der Waals surface area (Å²) in [5.74, 6) is -3.07. The molecule has 1 aliphatic carbocycles. The Kier molecular flexibility index (Phi) is 8.25. The molecular weight excluding hydrogens is 510 g/mol. The number of halogens is 5. The number of hydrogen-bond acceptors (Lipinski definition) is 6. The Morgan fingerprint density at radius 1 is 1.37 bits per heavy atom. The molecule has 3 aromatic rings. The number of rotatable bonds is 4. The van der Waals surface area contributed by atoms with Gasteiger partial charge in [-0.2, -0.15) is 18.4 Å². The summed E-state index contributed by atoms with van der Waals surface area (Å²) < 4.78 is 45.7. The second kappa shape index (κ2) is 10.8. The van der Waals surface area contributed by atoms with Gasteiger partial charge in [0, 0.05) is 22.5 Å². The van der Waals surface area contributed by atoms with Gasteiger partial charge in [0.25, 0.3) is 0 Å². The van der Waals surface area contributed by atoms with Gasteiger partial charge in [0.05, 0.1) is 21.7 Å². The number of hydrogen-bond donors (Lipinski definition) is 3. The smallest absolute Gasteiger partial charge is 0.475 e. The van der Waals surface area contributed by atoms with E-state index in [9.17, 15) is 17.6 Å². The normalized spacial score (nSPS) is 17.7. The van der Waals surface area contributed by atoms with Gasteiger partial charge in [0.1, 0.15) is 17.5 Å². The average molecular weight is 530 g/mol. The molecule has 2 atom stereocenters. The van der Waals surface area contributed by atoms with Crippen molar-refractivity contribution in [3.63, 3.8) is 0 Å². The van der Waals surface area contributed by atoms with E-state index in [1.807, 2.05) is 13.0 Å². The fraction of sp³-hybridized carbons (Fsp3) is 0.364. The van der Waals surface area contributed by atoms with E-state index in [2.05, 4.69) is 9.97 Å². The van der Waals surface area contributed by atoms with Crippen molar-refractivity contribution in [2.24, 2.45) is 5.73 Å². The van der Waals surface area contributed by atoms with Crippen molar-refractivity contribution in [1.29, 1.82) is 5.26 Å². The van der Waals surface area contributed by atoms with E-state index in [0.29, 0.717) is 20.7 Å². The van der Waals surface area contributed by atoms with Gasteiger partial charge < -0.3 is 15.8 Å². The van der Waals surface area contributed by atoms with Gasteiger partial charge in [0.2, 0.25) is 0 Å². The molecule has 4 N–H and O–H groups in total. The minimum absolute atomic E-state index is 0.0186. The van der Waals surface area contributed by atoms with Crippen molar-refractivity contribution in [2.75, 3.05) is 0 Å². The summed E-state index contributed by atoms with van der Waals surface area (Å²) in [5, 5.41) is 18.1. The predicted molar refractivity (Wildman–Crippen MR) is 122 cm³/mol. The van der Waals surface area contributed by atoms with Gasteiger partial charge >= 0.3 is 12.1 Å². The lowest BCUT2D eigenvalue weighted by molar-refractivity contribution is -0.192. The van der Waals surface area contributed by atoms with E-state index in [4.69, 9.17) is 37.5 Å². The number of H-pyrrole nitrogens is 1. The summed E-state index contributed by atoms with van der Waals surface area (Å²) in [6.45, 7) is 2.03. The van der Waals surface area contributed by atoms with E-state index in [-0.39, 0.29) is 17.5 Å². The molecule has 1 aliphatic rings. The largest absolute Gasteiger partial charge is 0.490 e. The second-order valence-electron chi connectivity index (χ2n) is 7.81. The zero-order chi connectivity index (χ0) is 25.9. The number of aromatic nitrogens is 3. The Bertz CT molecular complexity index is 1290. The van der Waals surface area contributed by atoms with Gasteiger partial charge in [0.15, 0.2) is 5.16 Å². The maximum absolute atomic E-state index is 14.0. The highest BCUT2D eigenvalue weighted by Gasteiger charge is 2.38. The van der Waals surface area contributed by atoms with Crippen LogP contribution >= 0.6 is 23.4 Å². The average Bonchev–Trinajstić information content (AvgIpc) is 3.36. The number of nitrogens with zero attached hydrogens (tertiary/aromatic N) is 3. The van der Waals surface area contributed by atoms with Gasteiger partial charge in [-0.25, -0.2) is 19.2 Å². The predicted octanol–water partition coefficient (Wildman–Crippen LogP) is 5.56. The highest BCUT2D eigenvalue weighted by atomic mass is 35.5. The molecule has 35 heavy (non-hydrogen) atoms. The highest BCUT2D eigenvalue weighted by molar-refractivity contribution is 7.99.